The van der Waals surface area contributed by atoms with Gasteiger partial charge in [-0.2, -0.15) is 0 Å². The van der Waals surface area contributed by atoms with Gasteiger partial charge in [-0.05, 0) is 77.2 Å². The molecular weight excluding hydrogens is 717 g/mol. The Balaban J connectivity index is 1.39. The largest absolute Gasteiger partial charge is 0.180 e. The molecule has 0 saturated carbocycles. The van der Waals surface area contributed by atoms with Gasteiger partial charge in [0.05, 0.1) is 0 Å². The Kier molecular flexibility index (Phi) is 7.90. The van der Waals surface area contributed by atoms with E-state index < -0.39 is 20.3 Å². The second-order valence-corrected chi connectivity index (χ2v) is 22.7. The minimum atomic E-state index is -3.08. The molecule has 0 N–H and O–H groups in total. The van der Waals surface area contributed by atoms with Crippen molar-refractivity contribution in [3.63, 3.8) is 0 Å². The van der Waals surface area contributed by atoms with Gasteiger partial charge in [0.2, 0.25) is 0 Å². The Morgan fingerprint density at radius 1 is 0.473 bits per heavy atom. The van der Waals surface area contributed by atoms with Gasteiger partial charge in [0.15, 0.2) is 8.07 Å². The Labute approximate surface area is 341 Å². The normalized spacial score (nSPS) is 18.1. The molecule has 9 rings (SSSR count). The van der Waals surface area contributed by atoms with Gasteiger partial charge in [-0.15, -0.1) is 0 Å². The molecule has 0 radical (unpaired) electrons. The van der Waals surface area contributed by atoms with Crippen LogP contribution in [0.25, 0.3) is 11.1 Å². The molecule has 0 aromatic heterocycles. The lowest BCUT2D eigenvalue weighted by molar-refractivity contribution is 0.591. The van der Waals surface area contributed by atoms with Crippen molar-refractivity contribution in [2.45, 2.75) is 84.2 Å². The van der Waals surface area contributed by atoms with Gasteiger partial charge >= 0.3 is 0 Å². The van der Waals surface area contributed by atoms with E-state index in [4.69, 9.17) is 4.11 Å². The molecule has 0 bridgehead atoms. The standard InChI is InChI=1S/C52H48S2Si/c1-50(2,3)40-33-32-37(34-39(40)38-24-18-27-43-48(38)53-45-29-16-14-25-41(45)51(43,4)5)55(35-20-10-8-11-21-35,36-22-12-9-13-23-36)47-31-19-28-44-49(47)54-46-30-17-15-26-42(46)52(44,6)7/h8-34H,1-7H3/i4D3. The molecule has 1 atom stereocenters. The lowest BCUT2D eigenvalue weighted by atomic mass is 9.76. The van der Waals surface area contributed by atoms with Crippen LogP contribution in [0.15, 0.2) is 183 Å². The maximum Gasteiger partial charge on any atom is 0.180 e. The lowest BCUT2D eigenvalue weighted by Crippen LogP contribution is -2.75. The molecule has 55 heavy (non-hydrogen) atoms. The van der Waals surface area contributed by atoms with Gasteiger partial charge in [0.1, 0.15) is 0 Å². The van der Waals surface area contributed by atoms with Gasteiger partial charge in [0, 0.05) is 34.5 Å². The van der Waals surface area contributed by atoms with E-state index in [9.17, 15) is 0 Å². The zero-order valence-corrected chi connectivity index (χ0v) is 35.0. The van der Waals surface area contributed by atoms with E-state index in [2.05, 4.69) is 180 Å². The molecule has 2 aliphatic rings. The first-order chi connectivity index (χ1) is 27.7. The van der Waals surface area contributed by atoms with Crippen LogP contribution in [0.3, 0.4) is 0 Å². The summed E-state index contributed by atoms with van der Waals surface area (Å²) in [5.74, 6) is 0. The van der Waals surface area contributed by atoms with Crippen molar-refractivity contribution in [3.05, 3.63) is 192 Å². The third-order valence-corrected chi connectivity index (χ3v) is 19.4. The SMILES string of the molecule is [2H]C([2H])([2H])C1(C)c2ccccc2Sc2c(-c3cc([Si](c4ccccc4)(c4ccccc4)c4cccc5c4Sc4ccccc4C5(C)C)ccc3C(C)(C)C)cccc21. The smallest absolute Gasteiger partial charge is 0.0895 e. The maximum atomic E-state index is 8.98. The first-order valence-electron chi connectivity index (χ1n) is 20.8. The molecule has 2 aliphatic heterocycles. The molecular formula is C52H48S2Si. The average molecular weight is 768 g/mol. The summed E-state index contributed by atoms with van der Waals surface area (Å²) in [6.07, 6.45) is 0. The van der Waals surface area contributed by atoms with Crippen molar-refractivity contribution < 1.29 is 4.11 Å². The monoisotopic (exact) mass is 767 g/mol. The summed E-state index contributed by atoms with van der Waals surface area (Å²) < 4.78 is 26.9. The van der Waals surface area contributed by atoms with Crippen LogP contribution < -0.4 is 20.7 Å². The van der Waals surface area contributed by atoms with E-state index in [1.165, 1.54) is 47.2 Å². The predicted molar refractivity (Wildman–Crippen MR) is 240 cm³/mol. The molecule has 2 heterocycles. The van der Waals surface area contributed by atoms with Crippen LogP contribution in [-0.4, -0.2) is 8.07 Å². The Morgan fingerprint density at radius 3 is 1.58 bits per heavy atom. The summed E-state index contributed by atoms with van der Waals surface area (Å²) in [6.45, 7) is 11.3. The van der Waals surface area contributed by atoms with E-state index in [0.29, 0.717) is 0 Å². The van der Waals surface area contributed by atoms with E-state index in [-0.39, 0.29) is 10.8 Å². The van der Waals surface area contributed by atoms with Gasteiger partial charge in [-0.25, -0.2) is 0 Å². The van der Waals surface area contributed by atoms with Gasteiger partial charge in [0.25, 0.3) is 0 Å². The number of benzene rings is 7. The van der Waals surface area contributed by atoms with Crippen molar-refractivity contribution in [1.82, 2.24) is 0 Å². The predicted octanol–water partition coefficient (Wildman–Crippen LogP) is 11.6. The Bertz CT molecular complexity index is 2660. The van der Waals surface area contributed by atoms with Crippen molar-refractivity contribution in [3.8, 4) is 11.1 Å². The molecule has 0 spiro atoms. The molecule has 3 heteroatoms. The summed E-state index contributed by atoms with van der Waals surface area (Å²) in [5.41, 5.74) is 6.39. The van der Waals surface area contributed by atoms with Crippen LogP contribution in [0.4, 0.5) is 0 Å². The van der Waals surface area contributed by atoms with Gasteiger partial charge in [-0.1, -0.05) is 224 Å². The van der Waals surface area contributed by atoms with Gasteiger partial charge < -0.3 is 0 Å². The van der Waals surface area contributed by atoms with Crippen LogP contribution in [0.5, 0.6) is 0 Å². The van der Waals surface area contributed by atoms with E-state index >= 15 is 0 Å². The molecule has 1 unspecified atom stereocenters. The van der Waals surface area contributed by atoms with Crippen LogP contribution in [0.1, 0.15) is 80.3 Å². The topological polar surface area (TPSA) is 0 Å². The summed E-state index contributed by atoms with van der Waals surface area (Å²) in [5, 5.41) is 5.35. The second-order valence-electron chi connectivity index (χ2n) is 16.8. The average Bonchev–Trinajstić information content (AvgIpc) is 3.21. The molecule has 0 nitrogen and oxygen atoms in total. The summed E-state index contributed by atoms with van der Waals surface area (Å²) in [4.78, 5) is 4.69. The Morgan fingerprint density at radius 2 is 0.982 bits per heavy atom. The molecule has 7 aromatic carbocycles. The van der Waals surface area contributed by atoms with Crippen LogP contribution in [0, 0.1) is 0 Å². The first kappa shape index (κ1) is 32.7. The fourth-order valence-corrected chi connectivity index (χ4v) is 17.5. The number of fused-ring (bicyclic) bond motifs is 4. The zero-order chi connectivity index (χ0) is 40.7. The maximum absolute atomic E-state index is 8.98. The third kappa shape index (κ3) is 5.65. The highest BCUT2D eigenvalue weighted by Crippen LogP contribution is 2.53. The van der Waals surface area contributed by atoms with E-state index in [1.807, 2.05) is 36.9 Å². The molecule has 0 amide bonds. The second kappa shape index (κ2) is 13.3. The van der Waals surface area contributed by atoms with E-state index in [1.54, 1.807) is 11.8 Å². The van der Waals surface area contributed by atoms with Crippen molar-refractivity contribution in [2.24, 2.45) is 0 Å². The molecule has 7 aromatic rings. The van der Waals surface area contributed by atoms with Crippen molar-refractivity contribution in [1.29, 1.82) is 0 Å². The third-order valence-electron chi connectivity index (χ3n) is 12.0. The number of hydrogen-bond donors (Lipinski definition) is 0. The Hall–Kier alpha value is -4.54. The summed E-state index contributed by atoms with van der Waals surface area (Å²) >= 11 is 3.64. The summed E-state index contributed by atoms with van der Waals surface area (Å²) in [7, 11) is -3.08. The summed E-state index contributed by atoms with van der Waals surface area (Å²) in [6, 6.07) is 60.2. The zero-order valence-electron chi connectivity index (χ0n) is 35.4. The molecule has 0 fully saturated rings. The first-order valence-corrected chi connectivity index (χ1v) is 22.9. The number of hydrogen-bond acceptors (Lipinski definition) is 2. The van der Waals surface area contributed by atoms with Crippen LogP contribution in [-0.2, 0) is 16.2 Å². The minimum Gasteiger partial charge on any atom is -0.0895 e. The van der Waals surface area contributed by atoms with E-state index in [0.717, 1.165) is 32.0 Å². The fourth-order valence-electron chi connectivity index (χ4n) is 9.24. The van der Waals surface area contributed by atoms with Crippen LogP contribution >= 0.6 is 23.5 Å². The molecule has 0 saturated heterocycles. The minimum absolute atomic E-state index is 0.187. The van der Waals surface area contributed by atoms with Crippen molar-refractivity contribution in [2.75, 3.05) is 0 Å². The van der Waals surface area contributed by atoms with Crippen molar-refractivity contribution >= 4 is 52.3 Å². The lowest BCUT2D eigenvalue weighted by Gasteiger charge is -2.41. The molecule has 272 valence electrons. The quantitative estimate of drug-likeness (QED) is 0.126. The van der Waals surface area contributed by atoms with Gasteiger partial charge in [-0.3, -0.25) is 0 Å². The fraction of sp³-hybridized carbons (Fsp3) is 0.192. The highest BCUT2D eigenvalue weighted by atomic mass is 32.2. The highest BCUT2D eigenvalue weighted by Gasteiger charge is 2.46. The number of rotatable bonds is 5. The molecule has 0 aliphatic carbocycles. The highest BCUT2D eigenvalue weighted by molar-refractivity contribution is 8.00. The van der Waals surface area contributed by atoms with Crippen LogP contribution in [0.2, 0.25) is 0 Å².